The molecule has 33 heavy (non-hydrogen) atoms. The van der Waals surface area contributed by atoms with E-state index in [9.17, 15) is 27.2 Å². The van der Waals surface area contributed by atoms with Crippen LogP contribution in [0.1, 0.15) is 51.4 Å². The van der Waals surface area contributed by atoms with Gasteiger partial charge in [-0.2, -0.15) is 13.2 Å². The summed E-state index contributed by atoms with van der Waals surface area (Å²) in [6, 6.07) is 5.19. The molecule has 0 fully saturated rings. The quantitative estimate of drug-likeness (QED) is 0.529. The van der Waals surface area contributed by atoms with E-state index in [0.717, 1.165) is 19.9 Å². The number of rotatable bonds is 4. The van der Waals surface area contributed by atoms with E-state index in [1.165, 1.54) is 18.2 Å². The number of halogens is 4. The molecule has 2 aromatic rings. The Morgan fingerprint density at radius 3 is 2.33 bits per heavy atom. The monoisotopic (exact) mass is 467 g/mol. The molecule has 0 saturated carbocycles. The van der Waals surface area contributed by atoms with Gasteiger partial charge >= 0.3 is 6.18 Å². The minimum absolute atomic E-state index is 0.0622. The van der Waals surface area contributed by atoms with Crippen molar-refractivity contribution in [2.24, 2.45) is 7.05 Å². The predicted molar refractivity (Wildman–Crippen MR) is 112 cm³/mol. The first kappa shape index (κ1) is 24.4. The molecule has 11 heteroatoms. The van der Waals surface area contributed by atoms with Crippen LogP contribution < -0.4 is 10.9 Å². The second-order valence-corrected chi connectivity index (χ2v) is 8.82. The van der Waals surface area contributed by atoms with E-state index in [1.807, 2.05) is 12.3 Å². The molecule has 3 rings (SSSR count). The van der Waals surface area contributed by atoms with Gasteiger partial charge in [-0.3, -0.25) is 20.4 Å². The Bertz CT molecular complexity index is 1100. The highest BCUT2D eigenvalue weighted by atomic mass is 19.4. The van der Waals surface area contributed by atoms with Crippen LogP contribution in [0.3, 0.4) is 0 Å². The van der Waals surface area contributed by atoms with E-state index in [-0.39, 0.29) is 11.4 Å². The Morgan fingerprint density at radius 2 is 1.76 bits per heavy atom. The van der Waals surface area contributed by atoms with Gasteiger partial charge in [0.05, 0.1) is 5.56 Å². The Labute approximate surface area is 188 Å². The molecular formula is C22H25F4N5O2. The number of hydrogen-bond donors (Lipinski definition) is 2. The lowest BCUT2D eigenvalue weighted by atomic mass is 9.75. The Hall–Kier alpha value is -3.24. The summed E-state index contributed by atoms with van der Waals surface area (Å²) >= 11 is 0. The van der Waals surface area contributed by atoms with Crippen LogP contribution >= 0.6 is 0 Å². The summed E-state index contributed by atoms with van der Waals surface area (Å²) in [5, 5.41) is 8.22. The highest BCUT2D eigenvalue weighted by Crippen LogP contribution is 2.40. The highest BCUT2D eigenvalue weighted by molar-refractivity contribution is 5.95. The minimum Gasteiger partial charge on any atom is -0.314 e. The van der Waals surface area contributed by atoms with Crippen LogP contribution in [0.5, 0.6) is 0 Å². The number of hydrazine groups is 1. The molecule has 0 bridgehead atoms. The number of carbonyl (C=O) groups excluding carboxylic acids is 2. The van der Waals surface area contributed by atoms with Crippen molar-refractivity contribution in [3.05, 3.63) is 47.3 Å². The Morgan fingerprint density at radius 1 is 1.09 bits per heavy atom. The van der Waals surface area contributed by atoms with Gasteiger partial charge in [0.25, 0.3) is 11.8 Å². The van der Waals surface area contributed by atoms with E-state index in [0.29, 0.717) is 30.7 Å². The average Bonchev–Trinajstić information content (AvgIpc) is 3.13. The second-order valence-electron chi connectivity index (χ2n) is 8.82. The zero-order valence-corrected chi connectivity index (χ0v) is 18.7. The molecule has 0 spiro atoms. The summed E-state index contributed by atoms with van der Waals surface area (Å²) < 4.78 is 55.5. The van der Waals surface area contributed by atoms with Crippen molar-refractivity contribution in [2.45, 2.75) is 57.3 Å². The Kier molecular flexibility index (Phi) is 6.36. The molecule has 1 aliphatic rings. The van der Waals surface area contributed by atoms with Crippen molar-refractivity contribution in [1.82, 2.24) is 25.6 Å². The summed E-state index contributed by atoms with van der Waals surface area (Å²) in [7, 11) is 1.61. The van der Waals surface area contributed by atoms with Crippen molar-refractivity contribution < 1.29 is 27.2 Å². The molecule has 7 nitrogen and oxygen atoms in total. The van der Waals surface area contributed by atoms with Crippen molar-refractivity contribution in [2.75, 3.05) is 0 Å². The van der Waals surface area contributed by atoms with E-state index < -0.39 is 34.6 Å². The molecule has 1 aliphatic carbocycles. The second kappa shape index (κ2) is 8.60. The summed E-state index contributed by atoms with van der Waals surface area (Å²) in [5.41, 5.74) is 1.09. The van der Waals surface area contributed by atoms with Gasteiger partial charge in [0.2, 0.25) is 0 Å². The number of hydrogen-bond acceptors (Lipinski definition) is 4. The van der Waals surface area contributed by atoms with E-state index in [2.05, 4.69) is 15.6 Å². The summed E-state index contributed by atoms with van der Waals surface area (Å²) in [6.45, 7) is 4.04. The van der Waals surface area contributed by atoms with Crippen LogP contribution in [-0.2, 0) is 28.2 Å². The molecule has 1 unspecified atom stereocenters. The third-order valence-corrected chi connectivity index (χ3v) is 5.75. The van der Waals surface area contributed by atoms with Gasteiger partial charge in [-0.05, 0) is 39.2 Å². The van der Waals surface area contributed by atoms with Crippen LogP contribution in [0.2, 0.25) is 0 Å². The lowest BCUT2D eigenvalue weighted by Gasteiger charge is -2.31. The molecule has 1 heterocycles. The number of allylic oxidation sites excluding steroid dienone is 1. The van der Waals surface area contributed by atoms with Crippen LogP contribution in [0.4, 0.5) is 17.6 Å². The van der Waals surface area contributed by atoms with E-state index >= 15 is 0 Å². The third-order valence-electron chi connectivity index (χ3n) is 5.75. The third kappa shape index (κ3) is 5.07. The van der Waals surface area contributed by atoms with E-state index in [1.54, 1.807) is 17.7 Å². The minimum atomic E-state index is -4.53. The summed E-state index contributed by atoms with van der Waals surface area (Å²) in [5.74, 6) is -0.920. The summed E-state index contributed by atoms with van der Waals surface area (Å²) in [4.78, 5) is 23.9. The summed E-state index contributed by atoms with van der Waals surface area (Å²) in [6.07, 6.45) is -1.66. The van der Waals surface area contributed by atoms with Gasteiger partial charge < -0.3 is 4.57 Å². The number of carbonyl (C=O) groups is 2. The van der Waals surface area contributed by atoms with Gasteiger partial charge in [0.15, 0.2) is 11.5 Å². The fraction of sp³-hybridized carbons (Fsp3) is 0.455. The van der Waals surface area contributed by atoms with Gasteiger partial charge in [-0.25, -0.2) is 4.39 Å². The van der Waals surface area contributed by atoms with Crippen LogP contribution in [0.15, 0.2) is 35.9 Å². The number of benzene rings is 1. The lowest BCUT2D eigenvalue weighted by Crippen LogP contribution is -2.49. The maximum absolute atomic E-state index is 13.6. The molecule has 0 radical (unpaired) electrons. The molecule has 1 aromatic heterocycles. The number of amides is 2. The SMILES string of the molecule is Cn1c(-c2ccccc2C(F)(F)F)nnc1C1(C)CC=C(C(=O)NNC(=O)C(C)(C)F)CC1. The Balaban J connectivity index is 1.79. The largest absolute Gasteiger partial charge is 0.417 e. The molecule has 0 aliphatic heterocycles. The maximum Gasteiger partial charge on any atom is 0.417 e. The normalized spacial score (nSPS) is 19.1. The zero-order valence-electron chi connectivity index (χ0n) is 18.7. The van der Waals surface area contributed by atoms with Crippen molar-refractivity contribution >= 4 is 11.8 Å². The number of nitrogens with one attached hydrogen (secondary N) is 2. The smallest absolute Gasteiger partial charge is 0.314 e. The first-order valence-electron chi connectivity index (χ1n) is 10.3. The number of aromatic nitrogens is 3. The standard InChI is InChI=1S/C22H25F4N5O2/c1-20(2,23)19(33)30-28-17(32)13-9-11-21(3,12-10-13)18-29-27-16(31(18)4)14-7-5-6-8-15(14)22(24,25)26/h5-9H,10-12H2,1-4H3,(H,28,32)(H,30,33). The molecule has 0 saturated heterocycles. The van der Waals surface area contributed by atoms with Crippen LogP contribution in [0, 0.1) is 0 Å². The maximum atomic E-state index is 13.6. The fourth-order valence-electron chi connectivity index (χ4n) is 3.73. The first-order valence-corrected chi connectivity index (χ1v) is 10.3. The van der Waals surface area contributed by atoms with Crippen molar-refractivity contribution in [3.8, 4) is 11.4 Å². The van der Waals surface area contributed by atoms with Crippen molar-refractivity contribution in [3.63, 3.8) is 0 Å². The fourth-order valence-corrected chi connectivity index (χ4v) is 3.73. The first-order chi connectivity index (χ1) is 15.2. The lowest BCUT2D eigenvalue weighted by molar-refractivity contribution is -0.137. The molecule has 2 amide bonds. The number of alkyl halides is 4. The average molecular weight is 467 g/mol. The zero-order chi connectivity index (χ0) is 24.6. The van der Waals surface area contributed by atoms with Crippen molar-refractivity contribution in [1.29, 1.82) is 0 Å². The van der Waals surface area contributed by atoms with Crippen LogP contribution in [0.25, 0.3) is 11.4 Å². The van der Waals surface area contributed by atoms with E-state index in [4.69, 9.17) is 0 Å². The molecule has 178 valence electrons. The molecule has 2 N–H and O–H groups in total. The topological polar surface area (TPSA) is 88.9 Å². The van der Waals surface area contributed by atoms with Gasteiger partial charge in [-0.15, -0.1) is 10.2 Å². The predicted octanol–water partition coefficient (Wildman–Crippen LogP) is 3.76. The highest BCUT2D eigenvalue weighted by Gasteiger charge is 2.38. The number of nitrogens with zero attached hydrogens (tertiary/aromatic N) is 3. The van der Waals surface area contributed by atoms with Gasteiger partial charge in [-0.1, -0.05) is 31.2 Å². The molecule has 1 aromatic carbocycles. The van der Waals surface area contributed by atoms with Crippen LogP contribution in [-0.4, -0.2) is 32.2 Å². The van der Waals surface area contributed by atoms with Gasteiger partial charge in [0.1, 0.15) is 5.82 Å². The molecule has 1 atom stereocenters. The molecular weight excluding hydrogens is 442 g/mol. The van der Waals surface area contributed by atoms with Gasteiger partial charge in [0, 0.05) is 23.6 Å².